The predicted molar refractivity (Wildman–Crippen MR) is 99.7 cm³/mol. The largest absolute Gasteiger partial charge is 0.422 e. The molecule has 8 nitrogen and oxygen atoms in total. The van der Waals surface area contributed by atoms with E-state index in [0.717, 1.165) is 15.9 Å². The third kappa shape index (κ3) is 2.93. The number of carbonyl (C=O) groups is 1. The van der Waals surface area contributed by atoms with Gasteiger partial charge in [-0.1, -0.05) is 0 Å². The Morgan fingerprint density at radius 1 is 1.04 bits per heavy atom. The van der Waals surface area contributed by atoms with Crippen molar-refractivity contribution in [3.05, 3.63) is 80.8 Å². The van der Waals surface area contributed by atoms with Gasteiger partial charge in [-0.2, -0.15) is 0 Å². The molecule has 0 aromatic carbocycles. The first kappa shape index (κ1) is 16.9. The van der Waals surface area contributed by atoms with Crippen LogP contribution in [0, 0.1) is 0 Å². The van der Waals surface area contributed by atoms with E-state index in [1.807, 2.05) is 0 Å². The monoisotopic (exact) mass is 380 g/mol. The summed E-state index contributed by atoms with van der Waals surface area (Å²) in [6.07, 6.45) is 6.00. The summed E-state index contributed by atoms with van der Waals surface area (Å²) in [6, 6.07) is 7.69. The number of nitrogens with zero attached hydrogens (tertiary/aromatic N) is 4. The minimum atomic E-state index is -0.607. The van der Waals surface area contributed by atoms with E-state index in [1.165, 1.54) is 35.4 Å². The van der Waals surface area contributed by atoms with Crippen molar-refractivity contribution in [3.8, 4) is 11.4 Å². The summed E-state index contributed by atoms with van der Waals surface area (Å²) in [4.78, 5) is 46.3. The molecular formula is C18H12N4O4S. The number of aryl methyl sites for hydroxylation is 1. The molecule has 0 radical (unpaired) electrons. The van der Waals surface area contributed by atoms with Crippen molar-refractivity contribution in [1.82, 2.24) is 19.1 Å². The van der Waals surface area contributed by atoms with Crippen molar-refractivity contribution in [2.75, 3.05) is 0 Å². The number of carbonyl (C=O) groups excluding carboxylic acids is 1. The van der Waals surface area contributed by atoms with Crippen LogP contribution < -0.4 is 16.0 Å². The van der Waals surface area contributed by atoms with Crippen LogP contribution in [0.3, 0.4) is 0 Å². The molecule has 0 spiro atoms. The smallest absolute Gasteiger partial charge is 0.353 e. The average Bonchev–Trinajstić information content (AvgIpc) is 3.14. The summed E-state index contributed by atoms with van der Waals surface area (Å²) in [5.41, 5.74) is -0.599. The van der Waals surface area contributed by atoms with Gasteiger partial charge in [0.2, 0.25) is 0 Å². The first-order valence-electron chi connectivity index (χ1n) is 7.84. The molecule has 27 heavy (non-hydrogen) atoms. The molecule has 0 saturated heterocycles. The number of fused-ring (bicyclic) bond motifs is 1. The molecule has 4 heterocycles. The van der Waals surface area contributed by atoms with Crippen LogP contribution in [0.15, 0.2) is 64.7 Å². The molecule has 0 bridgehead atoms. The molecule has 0 atom stereocenters. The highest BCUT2D eigenvalue weighted by atomic mass is 32.1. The number of ether oxygens (including phenoxy) is 1. The number of pyridine rings is 2. The van der Waals surface area contributed by atoms with Gasteiger partial charge in [0.05, 0.1) is 11.1 Å². The molecule has 0 fully saturated rings. The molecule has 9 heteroatoms. The van der Waals surface area contributed by atoms with Gasteiger partial charge in [-0.25, -0.2) is 14.2 Å². The van der Waals surface area contributed by atoms with E-state index in [9.17, 15) is 14.4 Å². The van der Waals surface area contributed by atoms with Crippen LogP contribution in [-0.2, 0) is 7.05 Å². The van der Waals surface area contributed by atoms with E-state index < -0.39 is 17.2 Å². The number of hydrogen-bond acceptors (Lipinski definition) is 7. The van der Waals surface area contributed by atoms with E-state index >= 15 is 0 Å². The normalized spacial score (nSPS) is 10.9. The molecule has 0 saturated carbocycles. The molecule has 0 aliphatic rings. The van der Waals surface area contributed by atoms with Crippen molar-refractivity contribution in [3.63, 3.8) is 0 Å². The van der Waals surface area contributed by atoms with Gasteiger partial charge in [-0.3, -0.25) is 19.3 Å². The fourth-order valence-corrected chi connectivity index (χ4v) is 3.59. The summed E-state index contributed by atoms with van der Waals surface area (Å²) >= 11 is 1.03. The third-order valence-electron chi connectivity index (χ3n) is 3.91. The Kier molecular flexibility index (Phi) is 4.13. The Bertz CT molecular complexity index is 1260. The zero-order chi connectivity index (χ0) is 19.0. The Labute approximate surface area is 155 Å². The SMILES string of the molecule is Cn1c(=O)n(-c2ccncc2)c(=O)c2cc(C(=O)Oc3ccncc3)sc21. The fourth-order valence-electron chi connectivity index (χ4n) is 2.61. The summed E-state index contributed by atoms with van der Waals surface area (Å²) in [5.74, 6) is -0.264. The van der Waals surface area contributed by atoms with E-state index in [0.29, 0.717) is 16.3 Å². The van der Waals surface area contributed by atoms with Crippen LogP contribution in [0.2, 0.25) is 0 Å². The van der Waals surface area contributed by atoms with Gasteiger partial charge in [0.25, 0.3) is 5.56 Å². The second-order valence-corrected chi connectivity index (χ2v) is 6.62. The van der Waals surface area contributed by atoms with Gasteiger partial charge < -0.3 is 4.74 Å². The topological polar surface area (TPSA) is 96.1 Å². The molecule has 4 rings (SSSR count). The van der Waals surface area contributed by atoms with Gasteiger partial charge in [0.1, 0.15) is 15.5 Å². The maximum absolute atomic E-state index is 12.9. The summed E-state index contributed by atoms with van der Waals surface area (Å²) in [5, 5.41) is 0.264. The highest BCUT2D eigenvalue weighted by Crippen LogP contribution is 2.23. The quantitative estimate of drug-likeness (QED) is 0.503. The summed E-state index contributed by atoms with van der Waals surface area (Å²) in [7, 11) is 1.55. The van der Waals surface area contributed by atoms with E-state index in [1.54, 1.807) is 31.3 Å². The van der Waals surface area contributed by atoms with Crippen molar-refractivity contribution in [2.45, 2.75) is 0 Å². The van der Waals surface area contributed by atoms with Crippen molar-refractivity contribution in [1.29, 1.82) is 0 Å². The number of aromatic nitrogens is 4. The first-order chi connectivity index (χ1) is 13.1. The van der Waals surface area contributed by atoms with Crippen LogP contribution in [0.5, 0.6) is 5.75 Å². The maximum Gasteiger partial charge on any atom is 0.353 e. The molecule has 134 valence electrons. The standard InChI is InChI=1S/C18H12N4O4S/c1-21-16-13(15(23)22(18(21)25)11-2-6-19-7-3-11)10-14(27-16)17(24)26-12-4-8-20-9-5-12/h2-10H,1H3. The van der Waals surface area contributed by atoms with Crippen LogP contribution in [0.4, 0.5) is 0 Å². The van der Waals surface area contributed by atoms with Gasteiger partial charge in [-0.05, 0) is 30.3 Å². The molecular weight excluding hydrogens is 368 g/mol. The van der Waals surface area contributed by atoms with Gasteiger partial charge in [0.15, 0.2) is 0 Å². The highest BCUT2D eigenvalue weighted by molar-refractivity contribution is 7.20. The van der Waals surface area contributed by atoms with Gasteiger partial charge in [0, 0.05) is 31.8 Å². The van der Waals surface area contributed by atoms with Crippen LogP contribution >= 0.6 is 11.3 Å². The van der Waals surface area contributed by atoms with Crippen LogP contribution in [-0.4, -0.2) is 25.1 Å². The molecule has 0 aliphatic carbocycles. The summed E-state index contributed by atoms with van der Waals surface area (Å²) in [6.45, 7) is 0. The Balaban J connectivity index is 1.85. The number of rotatable bonds is 3. The lowest BCUT2D eigenvalue weighted by molar-refractivity contribution is 0.0740. The number of thiophene rings is 1. The van der Waals surface area contributed by atoms with Crippen LogP contribution in [0.25, 0.3) is 15.9 Å². The minimum absolute atomic E-state index is 0.224. The average molecular weight is 380 g/mol. The Hall–Kier alpha value is -3.59. The second kappa shape index (κ2) is 6.61. The molecule has 0 N–H and O–H groups in total. The molecule has 0 amide bonds. The van der Waals surface area contributed by atoms with E-state index in [2.05, 4.69) is 9.97 Å². The van der Waals surface area contributed by atoms with Gasteiger partial charge in [-0.15, -0.1) is 11.3 Å². The zero-order valence-corrected chi connectivity index (χ0v) is 14.8. The number of hydrogen-bond donors (Lipinski definition) is 0. The molecule has 0 aliphatic heterocycles. The van der Waals surface area contributed by atoms with Crippen molar-refractivity contribution >= 4 is 27.5 Å². The van der Waals surface area contributed by atoms with Crippen molar-refractivity contribution < 1.29 is 9.53 Å². The fraction of sp³-hybridized carbons (Fsp3) is 0.0556. The number of esters is 1. The van der Waals surface area contributed by atoms with Gasteiger partial charge >= 0.3 is 11.7 Å². The summed E-state index contributed by atoms with van der Waals surface area (Å²) < 4.78 is 7.67. The Morgan fingerprint density at radius 2 is 1.67 bits per heavy atom. The van der Waals surface area contributed by atoms with E-state index in [4.69, 9.17) is 4.74 Å². The third-order valence-corrected chi connectivity index (χ3v) is 5.10. The van der Waals surface area contributed by atoms with Crippen molar-refractivity contribution in [2.24, 2.45) is 7.05 Å². The molecule has 0 unspecified atom stereocenters. The predicted octanol–water partition coefficient (Wildman–Crippen LogP) is 1.76. The maximum atomic E-state index is 12.9. The highest BCUT2D eigenvalue weighted by Gasteiger charge is 2.19. The lowest BCUT2D eigenvalue weighted by atomic mass is 10.3. The lowest BCUT2D eigenvalue weighted by Gasteiger charge is -2.07. The molecule has 4 aromatic rings. The minimum Gasteiger partial charge on any atom is -0.422 e. The molecule has 4 aromatic heterocycles. The van der Waals surface area contributed by atoms with E-state index in [-0.39, 0.29) is 10.3 Å². The second-order valence-electron chi connectivity index (χ2n) is 5.59. The first-order valence-corrected chi connectivity index (χ1v) is 8.66. The zero-order valence-electron chi connectivity index (χ0n) is 14.0. The Morgan fingerprint density at radius 3 is 2.33 bits per heavy atom. The van der Waals surface area contributed by atoms with Crippen LogP contribution in [0.1, 0.15) is 9.67 Å². The lowest BCUT2D eigenvalue weighted by Crippen LogP contribution is -2.37.